The Balaban J connectivity index is 2.33. The molecule has 4 nitrogen and oxygen atoms in total. The molecular weight excluding hydrogens is 264 g/mol. The van der Waals surface area contributed by atoms with Crippen molar-refractivity contribution in [3.8, 4) is 17.2 Å². The van der Waals surface area contributed by atoms with Crippen LogP contribution in [0.5, 0.6) is 17.2 Å². The molecule has 1 aromatic carbocycles. The topological polar surface area (TPSA) is 44.8 Å². The van der Waals surface area contributed by atoms with Gasteiger partial charge in [0.15, 0.2) is 11.5 Å². The van der Waals surface area contributed by atoms with Crippen molar-refractivity contribution in [2.24, 2.45) is 0 Å². The lowest BCUT2D eigenvalue weighted by atomic mass is 10.1. The number of hydrogen-bond acceptors (Lipinski definition) is 5. The van der Waals surface area contributed by atoms with Gasteiger partial charge in [-0.25, -0.2) is 0 Å². The molecule has 0 radical (unpaired) electrons. The molecule has 0 aliphatic carbocycles. The summed E-state index contributed by atoms with van der Waals surface area (Å²) in [6.45, 7) is 0. The maximum atomic E-state index is 12.3. The lowest BCUT2D eigenvalue weighted by Crippen LogP contribution is -2.00. The highest BCUT2D eigenvalue weighted by Gasteiger charge is 2.14. The van der Waals surface area contributed by atoms with Gasteiger partial charge in [0, 0.05) is 17.0 Å². The largest absolute Gasteiger partial charge is 0.496 e. The molecule has 0 atom stereocenters. The number of ketones is 1. The molecule has 0 spiro atoms. The number of rotatable bonds is 5. The van der Waals surface area contributed by atoms with Crippen LogP contribution in [0, 0.1) is 0 Å². The Kier molecular flexibility index (Phi) is 4.06. The number of benzene rings is 1. The van der Waals surface area contributed by atoms with Gasteiger partial charge < -0.3 is 14.2 Å². The average molecular weight is 278 g/mol. The summed E-state index contributed by atoms with van der Waals surface area (Å²) >= 11 is 1.35. The third-order valence-corrected chi connectivity index (χ3v) is 3.59. The van der Waals surface area contributed by atoms with Crippen LogP contribution in [0.4, 0.5) is 0 Å². The predicted molar refractivity (Wildman–Crippen MR) is 73.8 cm³/mol. The molecule has 0 bridgehead atoms. The van der Waals surface area contributed by atoms with Gasteiger partial charge in [-0.05, 0) is 18.2 Å². The first-order valence-electron chi connectivity index (χ1n) is 5.59. The van der Waals surface area contributed by atoms with Crippen LogP contribution in [-0.4, -0.2) is 27.1 Å². The Labute approximate surface area is 115 Å². The molecule has 0 aliphatic heterocycles. The summed E-state index contributed by atoms with van der Waals surface area (Å²) < 4.78 is 15.4. The molecule has 1 heterocycles. The van der Waals surface area contributed by atoms with E-state index >= 15 is 0 Å². The molecule has 2 aromatic rings. The van der Waals surface area contributed by atoms with Crippen LogP contribution in [0.3, 0.4) is 0 Å². The zero-order valence-corrected chi connectivity index (χ0v) is 11.7. The maximum absolute atomic E-state index is 12.3. The highest BCUT2D eigenvalue weighted by molar-refractivity contribution is 7.12. The fraction of sp³-hybridized carbons (Fsp3) is 0.214. The van der Waals surface area contributed by atoms with E-state index in [1.807, 2.05) is 0 Å². The van der Waals surface area contributed by atoms with Gasteiger partial charge in [-0.1, -0.05) is 0 Å². The van der Waals surface area contributed by atoms with Gasteiger partial charge in [0.05, 0.1) is 26.2 Å². The van der Waals surface area contributed by atoms with E-state index in [1.54, 1.807) is 51.0 Å². The van der Waals surface area contributed by atoms with Crippen molar-refractivity contribution in [1.82, 2.24) is 0 Å². The number of methoxy groups -OCH3 is 3. The van der Waals surface area contributed by atoms with Crippen LogP contribution < -0.4 is 14.2 Å². The summed E-state index contributed by atoms with van der Waals surface area (Å²) in [5.41, 5.74) is 0.558. The first kappa shape index (κ1) is 13.4. The summed E-state index contributed by atoms with van der Waals surface area (Å²) in [4.78, 5) is 12.9. The van der Waals surface area contributed by atoms with Crippen molar-refractivity contribution in [3.05, 3.63) is 40.1 Å². The number of carbonyl (C=O) groups is 1. The molecule has 0 unspecified atom stereocenters. The van der Waals surface area contributed by atoms with Crippen LogP contribution in [0.25, 0.3) is 0 Å². The summed E-state index contributed by atoms with van der Waals surface area (Å²) in [5.74, 6) is 1.77. The number of hydrogen-bond donors (Lipinski definition) is 0. The van der Waals surface area contributed by atoms with Crippen LogP contribution in [0.2, 0.25) is 0 Å². The Hall–Kier alpha value is -2.01. The number of carbonyl (C=O) groups excluding carboxylic acids is 1. The molecule has 0 aliphatic rings. The Morgan fingerprint density at radius 1 is 1.00 bits per heavy atom. The maximum Gasteiger partial charge on any atom is 0.203 e. The third-order valence-electron chi connectivity index (χ3n) is 2.68. The van der Waals surface area contributed by atoms with Gasteiger partial charge in [-0.2, -0.15) is 0 Å². The van der Waals surface area contributed by atoms with E-state index in [0.29, 0.717) is 27.7 Å². The monoisotopic (exact) mass is 278 g/mol. The van der Waals surface area contributed by atoms with Crippen LogP contribution in [-0.2, 0) is 0 Å². The number of ether oxygens (including phenoxy) is 3. The van der Waals surface area contributed by atoms with Crippen LogP contribution in [0.1, 0.15) is 15.2 Å². The van der Waals surface area contributed by atoms with Crippen LogP contribution in [0.15, 0.2) is 29.6 Å². The lowest BCUT2D eigenvalue weighted by Gasteiger charge is -2.08. The van der Waals surface area contributed by atoms with Crippen molar-refractivity contribution >= 4 is 17.1 Å². The molecule has 0 N–H and O–H groups in total. The van der Waals surface area contributed by atoms with E-state index in [-0.39, 0.29) is 5.78 Å². The lowest BCUT2D eigenvalue weighted by molar-refractivity contribution is 0.104. The second-order valence-corrected chi connectivity index (χ2v) is 4.66. The zero-order valence-electron chi connectivity index (χ0n) is 10.9. The molecule has 2 rings (SSSR count). The van der Waals surface area contributed by atoms with Crippen molar-refractivity contribution < 1.29 is 19.0 Å². The Morgan fingerprint density at radius 2 is 1.74 bits per heavy atom. The van der Waals surface area contributed by atoms with Crippen molar-refractivity contribution in [2.45, 2.75) is 0 Å². The minimum absolute atomic E-state index is 0.0609. The van der Waals surface area contributed by atoms with Crippen LogP contribution >= 0.6 is 11.3 Å². The van der Waals surface area contributed by atoms with Crippen molar-refractivity contribution in [2.75, 3.05) is 21.3 Å². The molecular formula is C14H14O4S. The normalized spacial score (nSPS) is 10.1. The highest BCUT2D eigenvalue weighted by atomic mass is 32.1. The fourth-order valence-corrected chi connectivity index (χ4v) is 2.48. The second-order valence-electron chi connectivity index (χ2n) is 3.75. The van der Waals surface area contributed by atoms with E-state index in [0.717, 1.165) is 0 Å². The van der Waals surface area contributed by atoms with E-state index in [1.165, 1.54) is 11.3 Å². The summed E-state index contributed by atoms with van der Waals surface area (Å²) in [5, 5.41) is 1.80. The molecule has 5 heteroatoms. The minimum Gasteiger partial charge on any atom is -0.496 e. The molecule has 0 saturated carbocycles. The molecule has 0 amide bonds. The quantitative estimate of drug-likeness (QED) is 0.789. The van der Waals surface area contributed by atoms with E-state index in [9.17, 15) is 4.79 Å². The second kappa shape index (κ2) is 5.75. The first-order valence-corrected chi connectivity index (χ1v) is 6.46. The smallest absolute Gasteiger partial charge is 0.203 e. The van der Waals surface area contributed by atoms with Gasteiger partial charge >= 0.3 is 0 Å². The zero-order chi connectivity index (χ0) is 13.8. The summed E-state index contributed by atoms with van der Waals surface area (Å²) in [6, 6.07) is 6.84. The SMILES string of the molecule is COc1csc(C(=O)c2ccc(OC)c(OC)c2)c1. The van der Waals surface area contributed by atoms with Crippen molar-refractivity contribution in [1.29, 1.82) is 0 Å². The molecule has 100 valence electrons. The Bertz CT molecular complexity index is 589. The fourth-order valence-electron chi connectivity index (χ4n) is 1.66. The first-order chi connectivity index (χ1) is 9.19. The third kappa shape index (κ3) is 2.71. The molecule has 0 saturated heterocycles. The Morgan fingerprint density at radius 3 is 2.32 bits per heavy atom. The van der Waals surface area contributed by atoms with Gasteiger partial charge in [0.1, 0.15) is 5.75 Å². The van der Waals surface area contributed by atoms with E-state index in [2.05, 4.69) is 0 Å². The molecule has 1 aromatic heterocycles. The van der Waals surface area contributed by atoms with Gasteiger partial charge in [0.2, 0.25) is 5.78 Å². The van der Waals surface area contributed by atoms with Gasteiger partial charge in [-0.15, -0.1) is 11.3 Å². The van der Waals surface area contributed by atoms with Crippen molar-refractivity contribution in [3.63, 3.8) is 0 Å². The predicted octanol–water partition coefficient (Wildman–Crippen LogP) is 3.00. The van der Waals surface area contributed by atoms with Gasteiger partial charge in [0.25, 0.3) is 0 Å². The van der Waals surface area contributed by atoms with Gasteiger partial charge in [-0.3, -0.25) is 4.79 Å². The summed E-state index contributed by atoms with van der Waals surface area (Å²) in [6.07, 6.45) is 0. The molecule has 0 fully saturated rings. The summed E-state index contributed by atoms with van der Waals surface area (Å²) in [7, 11) is 4.68. The number of thiophene rings is 1. The molecule has 19 heavy (non-hydrogen) atoms. The van der Waals surface area contributed by atoms with E-state index in [4.69, 9.17) is 14.2 Å². The highest BCUT2D eigenvalue weighted by Crippen LogP contribution is 2.30. The van der Waals surface area contributed by atoms with E-state index < -0.39 is 0 Å². The average Bonchev–Trinajstić information content (AvgIpc) is 2.94. The minimum atomic E-state index is -0.0609. The standard InChI is InChI=1S/C14H14O4S/c1-16-10-7-13(19-8-10)14(15)9-4-5-11(17-2)12(6-9)18-3/h4-8H,1-3H3.